The summed E-state index contributed by atoms with van der Waals surface area (Å²) in [7, 11) is 0. The third kappa shape index (κ3) is 3.70. The Morgan fingerprint density at radius 3 is 2.50 bits per heavy atom. The molecule has 0 saturated heterocycles. The normalized spacial score (nSPS) is 15.8. The number of nitrogens with one attached hydrogen (secondary N) is 1. The van der Waals surface area contributed by atoms with E-state index in [4.69, 9.17) is 0 Å². The van der Waals surface area contributed by atoms with Crippen molar-refractivity contribution >= 4 is 5.82 Å². The zero-order valence-corrected chi connectivity index (χ0v) is 12.0. The lowest BCUT2D eigenvalue weighted by Gasteiger charge is -2.22. The summed E-state index contributed by atoms with van der Waals surface area (Å²) in [5.41, 5.74) is 1.41. The molecule has 0 aliphatic heterocycles. The second-order valence-corrected chi connectivity index (χ2v) is 6.15. The molecule has 1 aliphatic rings. The molecule has 0 unspecified atom stereocenters. The second kappa shape index (κ2) is 5.27. The maximum atomic E-state index is 4.60. The highest BCUT2D eigenvalue weighted by molar-refractivity contribution is 5.42. The summed E-state index contributed by atoms with van der Waals surface area (Å²) in [5.74, 6) is 1.12. The fraction of sp³-hybridized carbons (Fsp3) is 0.667. The molecule has 2 rings (SSSR count). The largest absolute Gasteiger partial charge is 0.354 e. The van der Waals surface area contributed by atoms with E-state index in [-0.39, 0.29) is 5.54 Å². The molecular weight excluding hydrogens is 222 g/mol. The highest BCUT2D eigenvalue weighted by atomic mass is 15.2. The molecule has 1 aromatic rings. The van der Waals surface area contributed by atoms with Gasteiger partial charge in [-0.05, 0) is 52.2 Å². The van der Waals surface area contributed by atoms with E-state index in [0.717, 1.165) is 24.9 Å². The summed E-state index contributed by atoms with van der Waals surface area (Å²) in [4.78, 5) is 7.00. The van der Waals surface area contributed by atoms with Gasteiger partial charge in [0.15, 0.2) is 0 Å². The summed E-state index contributed by atoms with van der Waals surface area (Å²) >= 11 is 0. The van der Waals surface area contributed by atoms with Crippen molar-refractivity contribution in [2.75, 3.05) is 11.4 Å². The Bertz CT molecular complexity index is 374. The molecule has 1 fully saturated rings. The van der Waals surface area contributed by atoms with Crippen molar-refractivity contribution in [1.29, 1.82) is 0 Å². The van der Waals surface area contributed by atoms with E-state index in [1.54, 1.807) is 0 Å². The van der Waals surface area contributed by atoms with E-state index in [2.05, 4.69) is 55.0 Å². The Hall–Kier alpha value is -1.09. The number of rotatable bonds is 5. The van der Waals surface area contributed by atoms with Gasteiger partial charge in [-0.1, -0.05) is 6.07 Å². The van der Waals surface area contributed by atoms with Crippen LogP contribution in [0, 0.1) is 0 Å². The maximum Gasteiger partial charge on any atom is 0.128 e. The lowest BCUT2D eigenvalue weighted by atomic mass is 10.1. The minimum Gasteiger partial charge on any atom is -0.354 e. The summed E-state index contributed by atoms with van der Waals surface area (Å²) < 4.78 is 0. The molecule has 0 radical (unpaired) electrons. The van der Waals surface area contributed by atoms with Gasteiger partial charge in [0.05, 0.1) is 0 Å². The smallest absolute Gasteiger partial charge is 0.128 e. The minimum absolute atomic E-state index is 0.155. The molecule has 0 spiro atoms. The van der Waals surface area contributed by atoms with Gasteiger partial charge < -0.3 is 10.2 Å². The van der Waals surface area contributed by atoms with E-state index in [0.29, 0.717) is 0 Å². The Balaban J connectivity index is 1.96. The van der Waals surface area contributed by atoms with Gasteiger partial charge >= 0.3 is 0 Å². The summed E-state index contributed by atoms with van der Waals surface area (Å²) in [6, 6.07) is 5.08. The lowest BCUT2D eigenvalue weighted by molar-refractivity contribution is 0.424. The van der Waals surface area contributed by atoms with Crippen LogP contribution in [0.4, 0.5) is 5.82 Å². The van der Waals surface area contributed by atoms with Gasteiger partial charge in [-0.2, -0.15) is 0 Å². The van der Waals surface area contributed by atoms with Gasteiger partial charge in [0.1, 0.15) is 5.82 Å². The molecule has 100 valence electrons. The van der Waals surface area contributed by atoms with Crippen LogP contribution in [0.2, 0.25) is 0 Å². The predicted molar refractivity (Wildman–Crippen MR) is 76.9 cm³/mol. The molecule has 1 saturated carbocycles. The van der Waals surface area contributed by atoms with Gasteiger partial charge in [0.25, 0.3) is 0 Å². The van der Waals surface area contributed by atoms with E-state index in [1.165, 1.54) is 18.4 Å². The van der Waals surface area contributed by atoms with E-state index in [1.807, 2.05) is 6.20 Å². The van der Waals surface area contributed by atoms with Crippen molar-refractivity contribution in [3.63, 3.8) is 0 Å². The van der Waals surface area contributed by atoms with Crippen LogP contribution < -0.4 is 10.2 Å². The number of nitrogens with zero attached hydrogens (tertiary/aromatic N) is 2. The van der Waals surface area contributed by atoms with Gasteiger partial charge in [-0.25, -0.2) is 4.98 Å². The first-order valence-electron chi connectivity index (χ1n) is 6.96. The second-order valence-electron chi connectivity index (χ2n) is 6.15. The first-order valence-corrected chi connectivity index (χ1v) is 6.96. The molecule has 1 aliphatic carbocycles. The lowest BCUT2D eigenvalue weighted by Crippen LogP contribution is -2.35. The zero-order chi connectivity index (χ0) is 13.2. The number of aromatic nitrogens is 1. The Kier molecular flexibility index (Phi) is 3.91. The molecule has 0 bridgehead atoms. The number of pyridine rings is 1. The SMILES string of the molecule is CCN(c1ccc(CNC(C)(C)C)cn1)C1CC1. The van der Waals surface area contributed by atoms with Crippen LogP contribution in [0.5, 0.6) is 0 Å². The topological polar surface area (TPSA) is 28.2 Å². The minimum atomic E-state index is 0.155. The highest BCUT2D eigenvalue weighted by Gasteiger charge is 2.28. The van der Waals surface area contributed by atoms with E-state index >= 15 is 0 Å². The van der Waals surface area contributed by atoms with Crippen molar-refractivity contribution in [1.82, 2.24) is 10.3 Å². The number of anilines is 1. The predicted octanol–water partition coefficient (Wildman–Crippen LogP) is 2.96. The molecule has 0 atom stereocenters. The van der Waals surface area contributed by atoms with Crippen LogP contribution in [0.3, 0.4) is 0 Å². The average Bonchev–Trinajstić information content (AvgIpc) is 3.12. The van der Waals surface area contributed by atoms with E-state index < -0.39 is 0 Å². The monoisotopic (exact) mass is 247 g/mol. The number of hydrogen-bond acceptors (Lipinski definition) is 3. The first kappa shape index (κ1) is 13.3. The zero-order valence-electron chi connectivity index (χ0n) is 12.0. The molecular formula is C15H25N3. The molecule has 0 aromatic carbocycles. The van der Waals surface area contributed by atoms with Crippen molar-refractivity contribution in [2.24, 2.45) is 0 Å². The first-order chi connectivity index (χ1) is 8.49. The molecule has 1 aromatic heterocycles. The Labute approximate surface area is 111 Å². The van der Waals surface area contributed by atoms with Crippen LogP contribution in [0.25, 0.3) is 0 Å². The van der Waals surface area contributed by atoms with Crippen LogP contribution in [-0.2, 0) is 6.54 Å². The quantitative estimate of drug-likeness (QED) is 0.867. The van der Waals surface area contributed by atoms with Gasteiger partial charge in [-0.3, -0.25) is 0 Å². The van der Waals surface area contributed by atoms with Crippen molar-refractivity contribution in [3.8, 4) is 0 Å². The van der Waals surface area contributed by atoms with Crippen LogP contribution >= 0.6 is 0 Å². The van der Waals surface area contributed by atoms with Crippen LogP contribution in [0.1, 0.15) is 46.1 Å². The van der Waals surface area contributed by atoms with Crippen molar-refractivity contribution < 1.29 is 0 Å². The summed E-state index contributed by atoms with van der Waals surface area (Å²) in [6.07, 6.45) is 4.64. The van der Waals surface area contributed by atoms with Crippen molar-refractivity contribution in [3.05, 3.63) is 23.9 Å². The highest BCUT2D eigenvalue weighted by Crippen LogP contribution is 2.30. The Morgan fingerprint density at radius 1 is 1.33 bits per heavy atom. The van der Waals surface area contributed by atoms with Crippen molar-refractivity contribution in [2.45, 2.75) is 58.7 Å². The van der Waals surface area contributed by atoms with Crippen LogP contribution in [-0.4, -0.2) is 23.1 Å². The standard InChI is InChI=1S/C15H25N3/c1-5-18(13-7-8-13)14-9-6-12(10-16-14)11-17-15(2,3)4/h6,9-10,13,17H,5,7-8,11H2,1-4H3. The summed E-state index contributed by atoms with van der Waals surface area (Å²) in [6.45, 7) is 10.7. The number of hydrogen-bond donors (Lipinski definition) is 1. The third-order valence-corrected chi connectivity index (χ3v) is 3.25. The fourth-order valence-electron chi connectivity index (χ4n) is 2.05. The van der Waals surface area contributed by atoms with Gasteiger partial charge in [0.2, 0.25) is 0 Å². The fourth-order valence-corrected chi connectivity index (χ4v) is 2.05. The molecule has 3 nitrogen and oxygen atoms in total. The van der Waals surface area contributed by atoms with Crippen LogP contribution in [0.15, 0.2) is 18.3 Å². The maximum absolute atomic E-state index is 4.60. The molecule has 18 heavy (non-hydrogen) atoms. The average molecular weight is 247 g/mol. The van der Waals surface area contributed by atoms with Gasteiger partial charge in [-0.15, -0.1) is 0 Å². The molecule has 3 heteroatoms. The third-order valence-electron chi connectivity index (χ3n) is 3.25. The Morgan fingerprint density at radius 2 is 2.06 bits per heavy atom. The molecule has 0 amide bonds. The van der Waals surface area contributed by atoms with E-state index in [9.17, 15) is 0 Å². The molecule has 1 N–H and O–H groups in total. The van der Waals surface area contributed by atoms with Gasteiger partial charge in [0, 0.05) is 30.9 Å². The molecule has 1 heterocycles. The summed E-state index contributed by atoms with van der Waals surface area (Å²) in [5, 5.41) is 3.48.